The van der Waals surface area contributed by atoms with E-state index in [0.717, 1.165) is 11.4 Å². The van der Waals surface area contributed by atoms with E-state index in [1.54, 1.807) is 11.5 Å². The molecule has 25 heavy (non-hydrogen) atoms. The van der Waals surface area contributed by atoms with Gasteiger partial charge in [0.15, 0.2) is 0 Å². The molecule has 0 saturated heterocycles. The van der Waals surface area contributed by atoms with E-state index in [9.17, 15) is 9.59 Å². The second-order valence-electron chi connectivity index (χ2n) is 6.58. The molecule has 1 heterocycles. The van der Waals surface area contributed by atoms with Gasteiger partial charge in [0.25, 0.3) is 0 Å². The fraction of sp³-hybridized carbons (Fsp3) is 0.421. The molecule has 2 N–H and O–H groups in total. The van der Waals surface area contributed by atoms with Crippen LogP contribution in [0.25, 0.3) is 0 Å². The van der Waals surface area contributed by atoms with Crippen LogP contribution >= 0.6 is 0 Å². The molecule has 0 spiro atoms. The lowest BCUT2D eigenvalue weighted by molar-refractivity contribution is 0.251. The van der Waals surface area contributed by atoms with Crippen LogP contribution in [0.5, 0.6) is 0 Å². The zero-order valence-corrected chi connectivity index (χ0v) is 15.5. The van der Waals surface area contributed by atoms with Gasteiger partial charge in [0.1, 0.15) is 0 Å². The van der Waals surface area contributed by atoms with Crippen molar-refractivity contribution >= 4 is 11.7 Å². The van der Waals surface area contributed by atoms with Crippen molar-refractivity contribution in [2.75, 3.05) is 11.9 Å². The Morgan fingerprint density at radius 1 is 1.20 bits per heavy atom. The van der Waals surface area contributed by atoms with Crippen molar-refractivity contribution in [2.24, 2.45) is 0 Å². The monoisotopic (exact) mass is 342 g/mol. The summed E-state index contributed by atoms with van der Waals surface area (Å²) in [6, 6.07) is 7.45. The number of benzene rings is 1. The largest absolute Gasteiger partial charge is 0.348 e. The standard InChI is InChI=1S/C19H26N4O2/c1-12(2)17-11-16(7-6-13(17)3)22-18(24)20-8-9-23-15(5)10-14(4)21-19(23)25/h6-7,10-12H,8-9H2,1-5H3,(H2,20,22,24). The SMILES string of the molecule is Cc1cc(C)n(CCNC(=O)Nc2ccc(C)c(C(C)C)c2)c(=O)n1. The number of amides is 2. The minimum Gasteiger partial charge on any atom is -0.336 e. The van der Waals surface area contributed by atoms with E-state index < -0.39 is 0 Å². The molecule has 0 fully saturated rings. The van der Waals surface area contributed by atoms with Crippen molar-refractivity contribution in [3.05, 3.63) is 57.3 Å². The first kappa shape index (κ1) is 18.7. The molecule has 0 aliphatic heterocycles. The molecular weight excluding hydrogens is 316 g/mol. The van der Waals surface area contributed by atoms with Gasteiger partial charge in [0.05, 0.1) is 0 Å². The maximum Gasteiger partial charge on any atom is 0.348 e. The molecule has 1 aromatic heterocycles. The smallest absolute Gasteiger partial charge is 0.336 e. The number of aromatic nitrogens is 2. The van der Waals surface area contributed by atoms with Crippen LogP contribution in [0.4, 0.5) is 10.5 Å². The predicted molar refractivity (Wildman–Crippen MR) is 100 cm³/mol. The number of rotatable bonds is 5. The van der Waals surface area contributed by atoms with Gasteiger partial charge in [-0.3, -0.25) is 4.57 Å². The molecule has 6 nitrogen and oxygen atoms in total. The lowest BCUT2D eigenvalue weighted by Gasteiger charge is -2.14. The number of carbonyl (C=O) groups is 1. The molecule has 6 heteroatoms. The molecule has 2 aromatic rings. The fourth-order valence-corrected chi connectivity index (χ4v) is 2.84. The maximum atomic E-state index is 12.1. The Kier molecular flexibility index (Phi) is 5.96. The highest BCUT2D eigenvalue weighted by molar-refractivity contribution is 5.89. The second-order valence-corrected chi connectivity index (χ2v) is 6.58. The van der Waals surface area contributed by atoms with Gasteiger partial charge in [-0.15, -0.1) is 0 Å². The average Bonchev–Trinajstić information content (AvgIpc) is 2.51. The quantitative estimate of drug-likeness (QED) is 0.876. The molecular formula is C19H26N4O2. The van der Waals surface area contributed by atoms with Crippen molar-refractivity contribution in [1.29, 1.82) is 0 Å². The summed E-state index contributed by atoms with van der Waals surface area (Å²) in [6.07, 6.45) is 0. The molecule has 0 bridgehead atoms. The average molecular weight is 342 g/mol. The number of hydrogen-bond acceptors (Lipinski definition) is 3. The van der Waals surface area contributed by atoms with Crippen LogP contribution < -0.4 is 16.3 Å². The number of nitrogens with zero attached hydrogens (tertiary/aromatic N) is 2. The van der Waals surface area contributed by atoms with Crippen LogP contribution in [0.15, 0.2) is 29.1 Å². The molecule has 2 rings (SSSR count). The van der Waals surface area contributed by atoms with Gasteiger partial charge in [-0.25, -0.2) is 9.59 Å². The first-order valence-corrected chi connectivity index (χ1v) is 8.48. The van der Waals surface area contributed by atoms with Crippen LogP contribution in [0.2, 0.25) is 0 Å². The molecule has 0 radical (unpaired) electrons. The minimum absolute atomic E-state index is 0.288. The van der Waals surface area contributed by atoms with E-state index in [4.69, 9.17) is 0 Å². The zero-order valence-electron chi connectivity index (χ0n) is 15.5. The van der Waals surface area contributed by atoms with E-state index in [2.05, 4.69) is 36.4 Å². The number of urea groups is 1. The lowest BCUT2D eigenvalue weighted by atomic mass is 9.97. The zero-order chi connectivity index (χ0) is 18.6. The number of nitrogens with one attached hydrogen (secondary N) is 2. The van der Waals surface area contributed by atoms with Gasteiger partial charge < -0.3 is 10.6 Å². The number of carbonyl (C=O) groups excluding carboxylic acids is 1. The molecule has 0 aliphatic carbocycles. The van der Waals surface area contributed by atoms with Crippen molar-refractivity contribution in [3.63, 3.8) is 0 Å². The summed E-state index contributed by atoms with van der Waals surface area (Å²) in [6.45, 7) is 10.7. The topological polar surface area (TPSA) is 76.0 Å². The van der Waals surface area contributed by atoms with E-state index in [0.29, 0.717) is 24.7 Å². The first-order valence-electron chi connectivity index (χ1n) is 8.48. The van der Waals surface area contributed by atoms with Crippen LogP contribution in [-0.4, -0.2) is 22.1 Å². The summed E-state index contributed by atoms with van der Waals surface area (Å²) in [5, 5.41) is 5.61. The third kappa shape index (κ3) is 4.92. The fourth-order valence-electron chi connectivity index (χ4n) is 2.84. The van der Waals surface area contributed by atoms with Crippen LogP contribution in [-0.2, 0) is 6.54 Å². The summed E-state index contributed by atoms with van der Waals surface area (Å²) in [5.41, 5.74) is 4.43. The molecule has 0 unspecified atom stereocenters. The molecule has 0 saturated carbocycles. The van der Waals surface area contributed by atoms with Gasteiger partial charge in [0, 0.05) is 30.2 Å². The Labute approximate surface area is 148 Å². The molecule has 0 atom stereocenters. The minimum atomic E-state index is -0.292. The number of hydrogen-bond donors (Lipinski definition) is 2. The van der Waals surface area contributed by atoms with Gasteiger partial charge in [-0.1, -0.05) is 19.9 Å². The highest BCUT2D eigenvalue weighted by atomic mass is 16.2. The summed E-state index contributed by atoms with van der Waals surface area (Å²) < 4.78 is 1.55. The van der Waals surface area contributed by atoms with E-state index >= 15 is 0 Å². The predicted octanol–water partition coefficient (Wildman–Crippen LogP) is 3.11. The van der Waals surface area contributed by atoms with Crippen molar-refractivity contribution < 1.29 is 4.79 Å². The van der Waals surface area contributed by atoms with Crippen LogP contribution in [0.3, 0.4) is 0 Å². The van der Waals surface area contributed by atoms with Gasteiger partial charge >= 0.3 is 11.7 Å². The van der Waals surface area contributed by atoms with E-state index in [1.165, 1.54) is 11.1 Å². The Morgan fingerprint density at radius 3 is 2.56 bits per heavy atom. The summed E-state index contributed by atoms with van der Waals surface area (Å²) in [5.74, 6) is 0.397. The van der Waals surface area contributed by atoms with E-state index in [1.807, 2.05) is 31.2 Å². The lowest BCUT2D eigenvalue weighted by Crippen LogP contribution is -2.35. The summed E-state index contributed by atoms with van der Waals surface area (Å²) in [7, 11) is 0. The third-order valence-electron chi connectivity index (χ3n) is 4.13. The highest BCUT2D eigenvalue weighted by Gasteiger charge is 2.08. The van der Waals surface area contributed by atoms with Crippen LogP contribution in [0.1, 0.15) is 42.3 Å². The van der Waals surface area contributed by atoms with Crippen molar-refractivity contribution in [2.45, 2.75) is 47.1 Å². The Balaban J connectivity index is 1.94. The summed E-state index contributed by atoms with van der Waals surface area (Å²) in [4.78, 5) is 27.9. The molecule has 1 aromatic carbocycles. The molecule has 134 valence electrons. The number of anilines is 1. The Bertz CT molecular complexity index is 825. The maximum absolute atomic E-state index is 12.1. The van der Waals surface area contributed by atoms with Gasteiger partial charge in [-0.2, -0.15) is 4.98 Å². The normalized spacial score (nSPS) is 10.8. The van der Waals surface area contributed by atoms with Gasteiger partial charge in [-0.05, 0) is 56.0 Å². The molecule has 0 aliphatic rings. The van der Waals surface area contributed by atoms with Gasteiger partial charge in [0.2, 0.25) is 0 Å². The second kappa shape index (κ2) is 7.96. The first-order chi connectivity index (χ1) is 11.8. The molecule has 2 amide bonds. The van der Waals surface area contributed by atoms with Crippen molar-refractivity contribution in [1.82, 2.24) is 14.9 Å². The van der Waals surface area contributed by atoms with Crippen LogP contribution in [0, 0.1) is 20.8 Å². The van der Waals surface area contributed by atoms with Crippen molar-refractivity contribution in [3.8, 4) is 0 Å². The number of aryl methyl sites for hydroxylation is 3. The highest BCUT2D eigenvalue weighted by Crippen LogP contribution is 2.22. The summed E-state index contributed by atoms with van der Waals surface area (Å²) >= 11 is 0. The van der Waals surface area contributed by atoms with E-state index in [-0.39, 0.29) is 11.7 Å². The Hall–Kier alpha value is -2.63. The Morgan fingerprint density at radius 2 is 1.92 bits per heavy atom. The third-order valence-corrected chi connectivity index (χ3v) is 4.13.